The lowest BCUT2D eigenvalue weighted by Gasteiger charge is -2.32. The summed E-state index contributed by atoms with van der Waals surface area (Å²) < 4.78 is 38.0. The van der Waals surface area contributed by atoms with Crippen molar-refractivity contribution in [1.82, 2.24) is 5.32 Å². The maximum absolute atomic E-state index is 12.7. The van der Waals surface area contributed by atoms with Crippen LogP contribution in [0.25, 0.3) is 0 Å². The molecular weight excluding hydrogens is 299 g/mol. The van der Waals surface area contributed by atoms with Crippen molar-refractivity contribution in [1.29, 1.82) is 0 Å². The first-order valence-electron chi connectivity index (χ1n) is 7.54. The van der Waals surface area contributed by atoms with Crippen LogP contribution in [0, 0.1) is 5.92 Å². The van der Waals surface area contributed by atoms with E-state index in [1.807, 2.05) is 18.2 Å². The van der Waals surface area contributed by atoms with Gasteiger partial charge in [-0.1, -0.05) is 17.7 Å². The third kappa shape index (κ3) is 3.37. The van der Waals surface area contributed by atoms with Gasteiger partial charge in [0.05, 0.1) is 5.92 Å². The summed E-state index contributed by atoms with van der Waals surface area (Å²) in [5, 5.41) is 4.31. The number of benzene rings is 1. The Bertz CT molecular complexity index is 507. The zero-order valence-corrected chi connectivity index (χ0v) is 12.5. The van der Waals surface area contributed by atoms with Crippen LogP contribution in [0.15, 0.2) is 18.2 Å². The van der Waals surface area contributed by atoms with Crippen molar-refractivity contribution in [3.8, 4) is 0 Å². The second-order valence-electron chi connectivity index (χ2n) is 6.19. The third-order valence-corrected chi connectivity index (χ3v) is 5.04. The van der Waals surface area contributed by atoms with Crippen molar-refractivity contribution in [2.75, 3.05) is 0 Å². The predicted octanol–water partition coefficient (Wildman–Crippen LogP) is 5.04. The zero-order chi connectivity index (χ0) is 15.0. The molecule has 1 unspecified atom stereocenters. The third-order valence-electron chi connectivity index (χ3n) is 4.81. The second-order valence-corrected chi connectivity index (χ2v) is 6.63. The van der Waals surface area contributed by atoms with Gasteiger partial charge in [0, 0.05) is 17.1 Å². The Balaban J connectivity index is 1.58. The molecule has 21 heavy (non-hydrogen) atoms. The number of hydrogen-bond donors (Lipinski definition) is 1. The molecule has 0 heterocycles. The molecule has 1 saturated carbocycles. The van der Waals surface area contributed by atoms with Crippen molar-refractivity contribution in [2.24, 2.45) is 5.92 Å². The van der Waals surface area contributed by atoms with Crippen LogP contribution in [0.3, 0.4) is 0 Å². The highest BCUT2D eigenvalue weighted by atomic mass is 35.5. The van der Waals surface area contributed by atoms with E-state index in [1.165, 1.54) is 11.1 Å². The Labute approximate surface area is 127 Å². The van der Waals surface area contributed by atoms with Gasteiger partial charge in [-0.3, -0.25) is 0 Å². The highest BCUT2D eigenvalue weighted by molar-refractivity contribution is 6.30. The number of rotatable bonds is 2. The van der Waals surface area contributed by atoms with E-state index in [9.17, 15) is 13.2 Å². The lowest BCUT2D eigenvalue weighted by Crippen LogP contribution is -2.38. The van der Waals surface area contributed by atoms with Gasteiger partial charge in [-0.05, 0) is 61.8 Å². The van der Waals surface area contributed by atoms with Gasteiger partial charge >= 0.3 is 6.18 Å². The summed E-state index contributed by atoms with van der Waals surface area (Å²) in [6, 6.07) is 6.41. The Morgan fingerprint density at radius 1 is 1.05 bits per heavy atom. The summed E-state index contributed by atoms with van der Waals surface area (Å²) in [4.78, 5) is 0. The number of fused-ring (bicyclic) bond motifs is 1. The topological polar surface area (TPSA) is 12.0 Å². The number of alkyl halides is 3. The van der Waals surface area contributed by atoms with Crippen LogP contribution in [-0.2, 0) is 6.42 Å². The maximum atomic E-state index is 12.7. The molecule has 0 aromatic heterocycles. The Hall–Kier alpha value is -0.740. The molecule has 2 aliphatic carbocycles. The van der Waals surface area contributed by atoms with E-state index >= 15 is 0 Å². The summed E-state index contributed by atoms with van der Waals surface area (Å²) in [7, 11) is 0. The minimum absolute atomic E-state index is 0.204. The van der Waals surface area contributed by atoms with Crippen LogP contribution in [0.1, 0.15) is 49.3 Å². The Morgan fingerprint density at radius 2 is 1.76 bits per heavy atom. The first-order chi connectivity index (χ1) is 9.93. The molecule has 1 atom stereocenters. The maximum Gasteiger partial charge on any atom is 0.391 e. The molecule has 0 bridgehead atoms. The average molecular weight is 318 g/mol. The van der Waals surface area contributed by atoms with E-state index in [1.54, 1.807) is 0 Å². The van der Waals surface area contributed by atoms with Gasteiger partial charge in [0.2, 0.25) is 0 Å². The quantitative estimate of drug-likeness (QED) is 0.806. The van der Waals surface area contributed by atoms with Crippen molar-refractivity contribution < 1.29 is 13.2 Å². The van der Waals surface area contributed by atoms with Crippen LogP contribution in [0.4, 0.5) is 13.2 Å². The fraction of sp³-hybridized carbons (Fsp3) is 0.625. The van der Waals surface area contributed by atoms with Gasteiger partial charge in [-0.2, -0.15) is 13.2 Å². The van der Waals surface area contributed by atoms with Crippen molar-refractivity contribution in [2.45, 2.75) is 56.8 Å². The summed E-state index contributed by atoms with van der Waals surface area (Å²) in [6.07, 6.45) is -0.294. The first-order valence-corrected chi connectivity index (χ1v) is 7.92. The van der Waals surface area contributed by atoms with Gasteiger partial charge < -0.3 is 5.32 Å². The summed E-state index contributed by atoms with van der Waals surface area (Å²) in [5.74, 6) is -1.11. The molecule has 0 aliphatic heterocycles. The Morgan fingerprint density at radius 3 is 2.43 bits per heavy atom. The molecule has 1 aromatic carbocycles. The Kier molecular flexibility index (Phi) is 4.19. The van der Waals surface area contributed by atoms with Gasteiger partial charge in [0.15, 0.2) is 0 Å². The van der Waals surface area contributed by atoms with E-state index in [0.29, 0.717) is 12.8 Å². The largest absolute Gasteiger partial charge is 0.391 e. The van der Waals surface area contributed by atoms with Crippen molar-refractivity contribution >= 4 is 11.6 Å². The normalized spacial score (nSPS) is 29.4. The van der Waals surface area contributed by atoms with Crippen molar-refractivity contribution in [3.05, 3.63) is 34.3 Å². The van der Waals surface area contributed by atoms with Crippen LogP contribution in [0.2, 0.25) is 5.02 Å². The predicted molar refractivity (Wildman–Crippen MR) is 77.5 cm³/mol. The number of nitrogens with one attached hydrogen (secondary N) is 1. The van der Waals surface area contributed by atoms with E-state index in [0.717, 1.165) is 17.9 Å². The van der Waals surface area contributed by atoms with Crippen LogP contribution < -0.4 is 5.32 Å². The summed E-state index contributed by atoms with van der Waals surface area (Å²) in [6.45, 7) is 0. The fourth-order valence-electron chi connectivity index (χ4n) is 3.63. The average Bonchev–Trinajstić information content (AvgIpc) is 2.80. The van der Waals surface area contributed by atoms with E-state index in [2.05, 4.69) is 5.32 Å². The van der Waals surface area contributed by atoms with E-state index in [-0.39, 0.29) is 24.9 Å². The number of halogens is 4. The van der Waals surface area contributed by atoms with Gasteiger partial charge in [0.1, 0.15) is 0 Å². The van der Waals surface area contributed by atoms with Crippen LogP contribution >= 0.6 is 11.6 Å². The summed E-state index contributed by atoms with van der Waals surface area (Å²) in [5.41, 5.74) is 2.53. The standard InChI is InChI=1S/C16H19ClF3N/c17-12-4-7-14-10(9-12)1-8-15(14)21-13-5-2-11(3-6-13)16(18,19)20/h4,7,9,11,13,15,21H,1-3,5-6,8H2. The molecule has 0 spiro atoms. The van der Waals surface area contributed by atoms with Crippen molar-refractivity contribution in [3.63, 3.8) is 0 Å². The van der Waals surface area contributed by atoms with E-state index < -0.39 is 12.1 Å². The van der Waals surface area contributed by atoms with Gasteiger partial charge in [0.25, 0.3) is 0 Å². The molecule has 2 aliphatic rings. The molecule has 0 radical (unpaired) electrons. The monoisotopic (exact) mass is 317 g/mol. The van der Waals surface area contributed by atoms with Crippen LogP contribution in [-0.4, -0.2) is 12.2 Å². The second kappa shape index (κ2) is 5.81. The molecular formula is C16H19ClF3N. The molecule has 0 amide bonds. The molecule has 1 N–H and O–H groups in total. The highest BCUT2D eigenvalue weighted by Gasteiger charge is 2.41. The molecule has 116 valence electrons. The number of aryl methyl sites for hydroxylation is 1. The highest BCUT2D eigenvalue weighted by Crippen LogP contribution is 2.39. The number of hydrogen-bond acceptors (Lipinski definition) is 1. The SMILES string of the molecule is FC(F)(F)C1CCC(NC2CCc3cc(Cl)ccc32)CC1. The minimum atomic E-state index is -4.03. The molecule has 1 nitrogen and oxygen atoms in total. The van der Waals surface area contributed by atoms with Crippen LogP contribution in [0.5, 0.6) is 0 Å². The van der Waals surface area contributed by atoms with E-state index in [4.69, 9.17) is 11.6 Å². The lowest BCUT2D eigenvalue weighted by molar-refractivity contribution is -0.182. The lowest BCUT2D eigenvalue weighted by atomic mass is 9.85. The molecule has 3 rings (SSSR count). The smallest absolute Gasteiger partial charge is 0.307 e. The van der Waals surface area contributed by atoms with Gasteiger partial charge in [-0.15, -0.1) is 0 Å². The summed E-state index contributed by atoms with van der Waals surface area (Å²) >= 11 is 5.99. The van der Waals surface area contributed by atoms with Gasteiger partial charge in [-0.25, -0.2) is 0 Å². The molecule has 1 fully saturated rings. The zero-order valence-electron chi connectivity index (χ0n) is 11.7. The molecule has 5 heteroatoms. The molecule has 0 saturated heterocycles. The fourth-order valence-corrected chi connectivity index (χ4v) is 3.83. The molecule has 1 aromatic rings. The minimum Gasteiger partial charge on any atom is -0.307 e. The first kappa shape index (κ1) is 15.2.